The molecule has 0 amide bonds. The van der Waals surface area contributed by atoms with Crippen molar-refractivity contribution in [3.8, 4) is 22.5 Å². The van der Waals surface area contributed by atoms with Crippen LogP contribution in [0, 0.1) is 10.5 Å². The number of anilines is 1. The second-order valence-electron chi connectivity index (χ2n) is 4.72. The number of hydrogen-bond acceptors (Lipinski definition) is 3. The van der Waals surface area contributed by atoms with Crippen molar-refractivity contribution in [2.75, 3.05) is 5.73 Å². The van der Waals surface area contributed by atoms with Crippen molar-refractivity contribution in [2.24, 2.45) is 0 Å². The van der Waals surface area contributed by atoms with Crippen LogP contribution in [0.1, 0.15) is 5.56 Å². The van der Waals surface area contributed by atoms with Gasteiger partial charge in [-0.25, -0.2) is 0 Å². The number of aromatic nitrogens is 1. The number of rotatable bonds is 2. The third kappa shape index (κ3) is 2.72. The maximum Gasteiger partial charge on any atom is 0.177 e. The van der Waals surface area contributed by atoms with Crippen LogP contribution in [-0.4, -0.2) is 5.16 Å². The summed E-state index contributed by atoms with van der Waals surface area (Å²) < 4.78 is 7.65. The number of benzene rings is 2. The van der Waals surface area contributed by atoms with E-state index in [0.717, 1.165) is 24.7 Å². The topological polar surface area (TPSA) is 52.0 Å². The van der Waals surface area contributed by atoms with E-state index in [1.54, 1.807) is 0 Å². The molecule has 0 saturated carbocycles. The van der Waals surface area contributed by atoms with Crippen LogP contribution >= 0.6 is 38.5 Å². The number of hydrogen-bond donors (Lipinski definition) is 1. The van der Waals surface area contributed by atoms with Gasteiger partial charge in [0.25, 0.3) is 0 Å². The second-order valence-corrected chi connectivity index (χ2v) is 6.71. The summed E-state index contributed by atoms with van der Waals surface area (Å²) >= 11 is 5.81. The molecule has 106 valence electrons. The van der Waals surface area contributed by atoms with Gasteiger partial charge in [-0.2, -0.15) is 0 Å². The Morgan fingerprint density at radius 3 is 2.71 bits per heavy atom. The molecule has 1 heterocycles. The monoisotopic (exact) mass is 454 g/mol. The predicted molar refractivity (Wildman–Crippen MR) is 96.9 cm³/mol. The summed E-state index contributed by atoms with van der Waals surface area (Å²) in [7, 11) is 0. The summed E-state index contributed by atoms with van der Waals surface area (Å²) in [5.74, 6) is 1.11. The van der Waals surface area contributed by atoms with Crippen LogP contribution in [0.25, 0.3) is 22.5 Å². The zero-order chi connectivity index (χ0) is 15.0. The van der Waals surface area contributed by atoms with Crippen molar-refractivity contribution in [3.05, 3.63) is 56.1 Å². The minimum Gasteiger partial charge on any atom is -0.380 e. The summed E-state index contributed by atoms with van der Waals surface area (Å²) in [6, 6.07) is 14.1. The molecule has 3 nitrogen and oxygen atoms in total. The Kier molecular flexibility index (Phi) is 4.03. The highest BCUT2D eigenvalue weighted by atomic mass is 127. The van der Waals surface area contributed by atoms with Gasteiger partial charge in [0.2, 0.25) is 0 Å². The van der Waals surface area contributed by atoms with Gasteiger partial charge in [0.15, 0.2) is 11.6 Å². The number of nitrogens with zero attached hydrogens (tertiary/aromatic N) is 1. The van der Waals surface area contributed by atoms with Crippen molar-refractivity contribution in [2.45, 2.75) is 6.92 Å². The van der Waals surface area contributed by atoms with Crippen molar-refractivity contribution >= 4 is 44.3 Å². The van der Waals surface area contributed by atoms with E-state index in [1.165, 1.54) is 5.56 Å². The molecular weight excluding hydrogens is 443 g/mol. The van der Waals surface area contributed by atoms with E-state index in [0.29, 0.717) is 11.6 Å². The van der Waals surface area contributed by atoms with Gasteiger partial charge in [0.1, 0.15) is 0 Å². The molecule has 0 atom stereocenters. The first-order valence-corrected chi connectivity index (χ1v) is 8.21. The van der Waals surface area contributed by atoms with E-state index in [4.69, 9.17) is 10.3 Å². The van der Waals surface area contributed by atoms with E-state index in [9.17, 15) is 0 Å². The van der Waals surface area contributed by atoms with E-state index < -0.39 is 0 Å². The molecule has 0 spiro atoms. The third-order valence-electron chi connectivity index (χ3n) is 3.27. The summed E-state index contributed by atoms with van der Waals surface area (Å²) in [6.07, 6.45) is 0. The molecule has 0 saturated heterocycles. The molecule has 3 rings (SSSR count). The van der Waals surface area contributed by atoms with Crippen LogP contribution in [0.3, 0.4) is 0 Å². The largest absolute Gasteiger partial charge is 0.380 e. The molecule has 21 heavy (non-hydrogen) atoms. The fourth-order valence-corrected chi connectivity index (χ4v) is 3.24. The van der Waals surface area contributed by atoms with Crippen LogP contribution < -0.4 is 5.73 Å². The molecule has 5 heteroatoms. The van der Waals surface area contributed by atoms with Crippen LogP contribution in [0.4, 0.5) is 5.82 Å². The fourth-order valence-electron chi connectivity index (χ4n) is 2.23. The van der Waals surface area contributed by atoms with Crippen LogP contribution in [-0.2, 0) is 0 Å². The molecule has 0 fully saturated rings. The molecule has 2 N–H and O–H groups in total. The Morgan fingerprint density at radius 2 is 1.95 bits per heavy atom. The zero-order valence-electron chi connectivity index (χ0n) is 11.2. The highest BCUT2D eigenvalue weighted by molar-refractivity contribution is 14.1. The highest BCUT2D eigenvalue weighted by Gasteiger charge is 2.20. The molecule has 0 radical (unpaired) electrons. The lowest BCUT2D eigenvalue weighted by molar-refractivity contribution is 0.436. The van der Waals surface area contributed by atoms with Gasteiger partial charge in [-0.15, -0.1) is 0 Å². The summed E-state index contributed by atoms with van der Waals surface area (Å²) in [4.78, 5) is 0. The zero-order valence-corrected chi connectivity index (χ0v) is 15.0. The van der Waals surface area contributed by atoms with Crippen molar-refractivity contribution in [3.63, 3.8) is 0 Å². The molecular formula is C16H12BrIN2O. The number of nitrogen functional groups attached to an aromatic ring is 1. The first-order chi connectivity index (χ1) is 10.1. The number of aryl methyl sites for hydroxylation is 1. The van der Waals surface area contributed by atoms with Crippen molar-refractivity contribution in [1.82, 2.24) is 5.16 Å². The van der Waals surface area contributed by atoms with Crippen molar-refractivity contribution in [1.29, 1.82) is 0 Å². The van der Waals surface area contributed by atoms with Gasteiger partial charge in [0.05, 0.1) is 5.56 Å². The molecule has 0 aliphatic carbocycles. The molecule has 0 bridgehead atoms. The van der Waals surface area contributed by atoms with Gasteiger partial charge in [0, 0.05) is 13.6 Å². The second kappa shape index (κ2) is 5.81. The Bertz CT molecular complexity index is 814. The Balaban J connectivity index is 2.24. The minimum atomic E-state index is 0.403. The highest BCUT2D eigenvalue weighted by Crippen LogP contribution is 2.39. The van der Waals surface area contributed by atoms with Crippen LogP contribution in [0.2, 0.25) is 0 Å². The van der Waals surface area contributed by atoms with Crippen LogP contribution in [0.5, 0.6) is 0 Å². The Morgan fingerprint density at radius 1 is 1.19 bits per heavy atom. The standard InChI is InChI=1S/C16H12BrIN2O/c1-9-4-2-7-12(14(9)18)15-13(16(19)20-21-15)10-5-3-6-11(17)8-10/h2-8H,1H3,(H2,19,20). The molecule has 0 unspecified atom stereocenters. The maximum absolute atomic E-state index is 6.03. The van der Waals surface area contributed by atoms with Gasteiger partial charge in [-0.05, 0) is 52.8 Å². The average molecular weight is 455 g/mol. The smallest absolute Gasteiger partial charge is 0.177 e. The molecule has 2 aromatic carbocycles. The maximum atomic E-state index is 6.03. The van der Waals surface area contributed by atoms with Gasteiger partial charge in [-0.1, -0.05) is 51.4 Å². The summed E-state index contributed by atoms with van der Waals surface area (Å²) in [5, 5.41) is 3.95. The van der Waals surface area contributed by atoms with Gasteiger partial charge in [-0.3, -0.25) is 0 Å². The SMILES string of the molecule is Cc1cccc(-c2onc(N)c2-c2cccc(Br)c2)c1I. The Hall–Kier alpha value is -1.34. The molecule has 3 aromatic rings. The van der Waals surface area contributed by atoms with Crippen molar-refractivity contribution < 1.29 is 4.52 Å². The number of nitrogens with two attached hydrogens (primary N) is 1. The quantitative estimate of drug-likeness (QED) is 0.537. The summed E-state index contributed by atoms with van der Waals surface area (Å²) in [6.45, 7) is 2.07. The van der Waals surface area contributed by atoms with E-state index in [1.807, 2.05) is 36.4 Å². The first kappa shape index (κ1) is 14.6. The minimum absolute atomic E-state index is 0.403. The van der Waals surface area contributed by atoms with E-state index in [-0.39, 0.29) is 0 Å². The van der Waals surface area contributed by atoms with Gasteiger partial charge >= 0.3 is 0 Å². The normalized spacial score (nSPS) is 10.8. The molecule has 0 aliphatic heterocycles. The lowest BCUT2D eigenvalue weighted by Gasteiger charge is -2.07. The molecule has 1 aromatic heterocycles. The molecule has 0 aliphatic rings. The average Bonchev–Trinajstić information content (AvgIpc) is 2.83. The lowest BCUT2D eigenvalue weighted by atomic mass is 10.0. The third-order valence-corrected chi connectivity index (χ3v) is 5.19. The fraction of sp³-hybridized carbons (Fsp3) is 0.0625. The summed E-state index contributed by atoms with van der Waals surface area (Å²) in [5.41, 5.74) is 10.0. The Labute approximate surface area is 144 Å². The number of halogens is 2. The van der Waals surface area contributed by atoms with E-state index in [2.05, 4.69) is 56.7 Å². The van der Waals surface area contributed by atoms with E-state index >= 15 is 0 Å². The first-order valence-electron chi connectivity index (χ1n) is 6.34. The predicted octanol–water partition coefficient (Wildman–Crippen LogP) is 5.27. The van der Waals surface area contributed by atoms with Crippen LogP contribution in [0.15, 0.2) is 51.5 Å². The van der Waals surface area contributed by atoms with Gasteiger partial charge < -0.3 is 10.3 Å². The lowest BCUT2D eigenvalue weighted by Crippen LogP contribution is -1.91.